The Balaban J connectivity index is 2.14. The number of rotatable bonds is 3. The van der Waals surface area contributed by atoms with E-state index < -0.39 is 4.92 Å². The molecule has 5 nitrogen and oxygen atoms in total. The van der Waals surface area contributed by atoms with E-state index in [4.69, 9.17) is 0 Å². The number of nitrogens with zero attached hydrogens (tertiary/aromatic N) is 2. The van der Waals surface area contributed by atoms with Crippen molar-refractivity contribution in [3.8, 4) is 0 Å². The maximum absolute atomic E-state index is 10.8. The van der Waals surface area contributed by atoms with Gasteiger partial charge < -0.3 is 5.32 Å². The van der Waals surface area contributed by atoms with Crippen LogP contribution in [-0.2, 0) is 0 Å². The van der Waals surface area contributed by atoms with E-state index in [0.29, 0.717) is 5.82 Å². The Morgan fingerprint density at radius 3 is 3.06 bits per heavy atom. The SMILES string of the molecule is O=[N+]([O-])c1cccnc1NC1CC=CCC1. The Morgan fingerprint density at radius 2 is 2.38 bits per heavy atom. The fraction of sp³-hybridized carbons (Fsp3) is 0.364. The summed E-state index contributed by atoms with van der Waals surface area (Å²) < 4.78 is 0. The molecule has 0 spiro atoms. The van der Waals surface area contributed by atoms with E-state index in [1.165, 1.54) is 6.07 Å². The molecule has 0 amide bonds. The zero-order chi connectivity index (χ0) is 11.4. The van der Waals surface area contributed by atoms with Crippen molar-refractivity contribution >= 4 is 11.5 Å². The highest BCUT2D eigenvalue weighted by Crippen LogP contribution is 2.23. The third-order valence-corrected chi connectivity index (χ3v) is 2.59. The normalized spacial score (nSPS) is 19.4. The second-order valence-corrected chi connectivity index (χ2v) is 3.75. The van der Waals surface area contributed by atoms with E-state index in [9.17, 15) is 10.1 Å². The number of hydrogen-bond acceptors (Lipinski definition) is 4. The molecule has 0 bridgehead atoms. The lowest BCUT2D eigenvalue weighted by molar-refractivity contribution is -0.384. The summed E-state index contributed by atoms with van der Waals surface area (Å²) in [4.78, 5) is 14.4. The van der Waals surface area contributed by atoms with Gasteiger partial charge >= 0.3 is 5.69 Å². The van der Waals surface area contributed by atoms with Gasteiger partial charge in [-0.15, -0.1) is 0 Å². The Hall–Kier alpha value is -1.91. The van der Waals surface area contributed by atoms with Crippen LogP contribution in [0.4, 0.5) is 11.5 Å². The van der Waals surface area contributed by atoms with Crippen molar-refractivity contribution in [1.82, 2.24) is 4.98 Å². The molecule has 0 aliphatic heterocycles. The average molecular weight is 219 g/mol. The van der Waals surface area contributed by atoms with Gasteiger partial charge in [0, 0.05) is 18.3 Å². The quantitative estimate of drug-likeness (QED) is 0.482. The first-order valence-corrected chi connectivity index (χ1v) is 5.28. The maximum atomic E-state index is 10.8. The number of allylic oxidation sites excluding steroid dienone is 1. The van der Waals surface area contributed by atoms with E-state index in [1.807, 2.05) is 0 Å². The summed E-state index contributed by atoms with van der Waals surface area (Å²) in [5, 5.41) is 13.9. The summed E-state index contributed by atoms with van der Waals surface area (Å²) in [7, 11) is 0. The molecule has 0 saturated carbocycles. The van der Waals surface area contributed by atoms with Crippen molar-refractivity contribution in [3.05, 3.63) is 40.6 Å². The summed E-state index contributed by atoms with van der Waals surface area (Å²) in [5.41, 5.74) is 0.0389. The molecule has 84 valence electrons. The summed E-state index contributed by atoms with van der Waals surface area (Å²) in [6.07, 6.45) is 8.69. The minimum atomic E-state index is -0.409. The second kappa shape index (κ2) is 4.74. The molecule has 1 heterocycles. The minimum Gasteiger partial charge on any atom is -0.361 e. The summed E-state index contributed by atoms with van der Waals surface area (Å²) in [6, 6.07) is 3.29. The predicted octanol–water partition coefficient (Wildman–Crippen LogP) is 2.51. The van der Waals surface area contributed by atoms with Crippen LogP contribution >= 0.6 is 0 Å². The number of nitro groups is 1. The highest BCUT2D eigenvalue weighted by molar-refractivity contribution is 5.55. The molecule has 0 radical (unpaired) electrons. The summed E-state index contributed by atoms with van der Waals surface area (Å²) >= 11 is 0. The van der Waals surface area contributed by atoms with Crippen LogP contribution in [0.25, 0.3) is 0 Å². The minimum absolute atomic E-state index is 0.0389. The molecule has 1 unspecified atom stereocenters. The third kappa shape index (κ3) is 2.36. The molecule has 1 aliphatic rings. The van der Waals surface area contributed by atoms with Crippen molar-refractivity contribution in [2.75, 3.05) is 5.32 Å². The van der Waals surface area contributed by atoms with Crippen LogP contribution in [0.2, 0.25) is 0 Å². The molecule has 1 N–H and O–H groups in total. The number of aromatic nitrogens is 1. The predicted molar refractivity (Wildman–Crippen MR) is 61.3 cm³/mol. The van der Waals surface area contributed by atoms with Crippen LogP contribution < -0.4 is 5.32 Å². The van der Waals surface area contributed by atoms with Crippen LogP contribution in [0.3, 0.4) is 0 Å². The maximum Gasteiger partial charge on any atom is 0.311 e. The standard InChI is InChI=1S/C11H13N3O2/c15-14(16)10-7-4-8-12-11(10)13-9-5-2-1-3-6-9/h1-2,4,7-9H,3,5-6H2,(H,12,13). The topological polar surface area (TPSA) is 68.1 Å². The number of nitrogens with one attached hydrogen (secondary N) is 1. The average Bonchev–Trinajstić information content (AvgIpc) is 2.31. The van der Waals surface area contributed by atoms with Gasteiger partial charge in [-0.25, -0.2) is 4.98 Å². The number of anilines is 1. The third-order valence-electron chi connectivity index (χ3n) is 2.59. The molecule has 16 heavy (non-hydrogen) atoms. The van der Waals surface area contributed by atoms with Crippen molar-refractivity contribution in [1.29, 1.82) is 0 Å². The number of pyridine rings is 1. The van der Waals surface area contributed by atoms with Crippen LogP contribution in [0.15, 0.2) is 30.5 Å². The van der Waals surface area contributed by atoms with Crippen molar-refractivity contribution in [3.63, 3.8) is 0 Å². The van der Waals surface area contributed by atoms with Gasteiger partial charge in [0.25, 0.3) is 0 Å². The summed E-state index contributed by atoms with van der Waals surface area (Å²) in [5.74, 6) is 0.368. The molecule has 1 atom stereocenters. The van der Waals surface area contributed by atoms with Crippen molar-refractivity contribution in [2.45, 2.75) is 25.3 Å². The largest absolute Gasteiger partial charge is 0.361 e. The van der Waals surface area contributed by atoms with Gasteiger partial charge in [0.1, 0.15) is 0 Å². The smallest absolute Gasteiger partial charge is 0.311 e. The first-order chi connectivity index (χ1) is 7.77. The first-order valence-electron chi connectivity index (χ1n) is 5.28. The molecule has 1 aromatic heterocycles. The van der Waals surface area contributed by atoms with Crippen LogP contribution in [0.1, 0.15) is 19.3 Å². The number of hydrogen-bond donors (Lipinski definition) is 1. The molecule has 5 heteroatoms. The van der Waals surface area contributed by atoms with Gasteiger partial charge in [-0.3, -0.25) is 10.1 Å². The second-order valence-electron chi connectivity index (χ2n) is 3.75. The molecule has 2 rings (SSSR count). The monoisotopic (exact) mass is 219 g/mol. The van der Waals surface area contributed by atoms with E-state index in [1.54, 1.807) is 12.3 Å². The fourth-order valence-electron chi connectivity index (χ4n) is 1.77. The molecule has 0 aromatic carbocycles. The van der Waals surface area contributed by atoms with Gasteiger partial charge in [-0.05, 0) is 25.3 Å². The molecule has 0 saturated heterocycles. The zero-order valence-electron chi connectivity index (χ0n) is 8.80. The van der Waals surface area contributed by atoms with Gasteiger partial charge in [-0.1, -0.05) is 12.2 Å². The van der Waals surface area contributed by atoms with E-state index >= 15 is 0 Å². The van der Waals surface area contributed by atoms with Gasteiger partial charge in [0.2, 0.25) is 5.82 Å². The van der Waals surface area contributed by atoms with Crippen molar-refractivity contribution in [2.24, 2.45) is 0 Å². The van der Waals surface area contributed by atoms with Gasteiger partial charge in [-0.2, -0.15) is 0 Å². The van der Waals surface area contributed by atoms with E-state index in [-0.39, 0.29) is 11.7 Å². The fourth-order valence-corrected chi connectivity index (χ4v) is 1.77. The lowest BCUT2D eigenvalue weighted by Gasteiger charge is -2.19. The highest BCUT2D eigenvalue weighted by atomic mass is 16.6. The Morgan fingerprint density at radius 1 is 1.50 bits per heavy atom. The van der Waals surface area contributed by atoms with Crippen LogP contribution in [0, 0.1) is 10.1 Å². The molecule has 0 fully saturated rings. The van der Waals surface area contributed by atoms with Gasteiger partial charge in [0.05, 0.1) is 4.92 Å². The zero-order valence-corrected chi connectivity index (χ0v) is 8.80. The lowest BCUT2D eigenvalue weighted by Crippen LogP contribution is -2.21. The van der Waals surface area contributed by atoms with Crippen LogP contribution in [0.5, 0.6) is 0 Å². The Bertz CT molecular complexity index is 417. The molecular weight excluding hydrogens is 206 g/mol. The highest BCUT2D eigenvalue weighted by Gasteiger charge is 2.17. The van der Waals surface area contributed by atoms with E-state index in [2.05, 4.69) is 22.5 Å². The first kappa shape index (κ1) is 10.6. The van der Waals surface area contributed by atoms with E-state index in [0.717, 1.165) is 19.3 Å². The molecule has 1 aromatic rings. The molecular formula is C11H13N3O2. The Labute approximate surface area is 93.3 Å². The van der Waals surface area contributed by atoms with Crippen molar-refractivity contribution < 1.29 is 4.92 Å². The van der Waals surface area contributed by atoms with Crippen LogP contribution in [-0.4, -0.2) is 15.9 Å². The lowest BCUT2D eigenvalue weighted by atomic mass is 10.0. The molecule has 1 aliphatic carbocycles. The van der Waals surface area contributed by atoms with Gasteiger partial charge in [0.15, 0.2) is 0 Å². The summed E-state index contributed by atoms with van der Waals surface area (Å²) in [6.45, 7) is 0. The Kier molecular flexibility index (Phi) is 3.14.